The molecule has 2 aromatic rings. The summed E-state index contributed by atoms with van der Waals surface area (Å²) in [5.41, 5.74) is 0.728. The molecule has 1 amide bonds. The van der Waals surface area contributed by atoms with Gasteiger partial charge in [0.1, 0.15) is 0 Å². The first-order chi connectivity index (χ1) is 9.41. The molecule has 0 saturated heterocycles. The molecule has 0 fully saturated rings. The molecule has 108 valence electrons. The fourth-order valence-corrected chi connectivity index (χ4v) is 2.20. The Morgan fingerprint density at radius 2 is 2.20 bits per heavy atom. The quantitative estimate of drug-likeness (QED) is 0.818. The summed E-state index contributed by atoms with van der Waals surface area (Å²) in [6.45, 7) is 0.245. The Hall–Kier alpha value is -2.13. The number of imidazole rings is 1. The van der Waals surface area contributed by atoms with Crippen LogP contribution in [-0.4, -0.2) is 42.7 Å². The first-order valence-electron chi connectivity index (χ1n) is 5.69. The smallest absolute Gasteiger partial charge is 0.287 e. The van der Waals surface area contributed by atoms with Crippen LogP contribution in [0.15, 0.2) is 34.2 Å². The van der Waals surface area contributed by atoms with Crippen molar-refractivity contribution in [3.8, 4) is 0 Å². The molecule has 0 aliphatic rings. The number of sulfonamides is 1. The third-order valence-corrected chi connectivity index (χ3v) is 4.22. The summed E-state index contributed by atoms with van der Waals surface area (Å²) in [7, 11) is -0.908. The Balaban J connectivity index is 2.07. The zero-order valence-electron chi connectivity index (χ0n) is 11.0. The minimum absolute atomic E-state index is 0.0649. The molecule has 0 unspecified atom stereocenters. The van der Waals surface area contributed by atoms with Crippen LogP contribution < -0.4 is 5.32 Å². The van der Waals surface area contributed by atoms with Crippen molar-refractivity contribution in [2.24, 2.45) is 0 Å². The number of H-pyrrole nitrogens is 1. The molecule has 2 rings (SSSR count). The van der Waals surface area contributed by atoms with E-state index in [2.05, 4.69) is 15.3 Å². The van der Waals surface area contributed by atoms with Crippen LogP contribution in [0.25, 0.3) is 0 Å². The van der Waals surface area contributed by atoms with E-state index in [4.69, 9.17) is 4.42 Å². The van der Waals surface area contributed by atoms with E-state index in [0.717, 1.165) is 10.00 Å². The lowest BCUT2D eigenvalue weighted by molar-refractivity contribution is 0.0917. The molecule has 2 N–H and O–H groups in total. The lowest BCUT2D eigenvalue weighted by Gasteiger charge is -2.07. The summed E-state index contributed by atoms with van der Waals surface area (Å²) in [5, 5.41) is 2.31. The topological polar surface area (TPSA) is 108 Å². The maximum atomic E-state index is 11.8. The van der Waals surface area contributed by atoms with Crippen molar-refractivity contribution in [1.82, 2.24) is 19.6 Å². The van der Waals surface area contributed by atoms with Crippen LogP contribution >= 0.6 is 0 Å². The zero-order valence-corrected chi connectivity index (χ0v) is 11.8. The minimum atomic E-state index is -3.68. The number of carbonyl (C=O) groups excluding carboxylic acids is 1. The van der Waals surface area contributed by atoms with Crippen molar-refractivity contribution in [3.05, 3.63) is 36.1 Å². The Bertz CT molecular complexity index is 688. The fourth-order valence-electron chi connectivity index (χ4n) is 1.40. The minimum Gasteiger partial charge on any atom is -0.438 e. The highest BCUT2D eigenvalue weighted by molar-refractivity contribution is 7.88. The Kier molecular flexibility index (Phi) is 3.91. The average Bonchev–Trinajstić information content (AvgIpc) is 3.07. The number of amides is 1. The standard InChI is InChI=1S/C11H14N4O4S/c1-15(2)20(17,18)10-4-3-9(19-10)11(16)13-6-8-5-12-7-14-8/h3-5,7H,6H2,1-2H3,(H,12,14)(H,13,16). The highest BCUT2D eigenvalue weighted by Gasteiger charge is 2.23. The lowest BCUT2D eigenvalue weighted by atomic mass is 10.4. The normalized spacial score (nSPS) is 11.8. The van der Waals surface area contributed by atoms with Crippen LogP contribution in [0, 0.1) is 0 Å². The predicted octanol–water partition coefficient (Wildman–Crippen LogP) is 0.183. The molecule has 0 aromatic carbocycles. The van der Waals surface area contributed by atoms with Gasteiger partial charge in [-0.15, -0.1) is 0 Å². The summed E-state index contributed by atoms with van der Waals surface area (Å²) in [6, 6.07) is 2.57. The number of nitrogens with zero attached hydrogens (tertiary/aromatic N) is 2. The SMILES string of the molecule is CN(C)S(=O)(=O)c1ccc(C(=O)NCc2cnc[nH]2)o1. The second-order valence-electron chi connectivity index (χ2n) is 4.17. The second-order valence-corrected chi connectivity index (χ2v) is 6.25. The van der Waals surface area contributed by atoms with Gasteiger partial charge in [-0.2, -0.15) is 0 Å². The van der Waals surface area contributed by atoms with Crippen LogP contribution in [0.4, 0.5) is 0 Å². The van der Waals surface area contributed by atoms with Gasteiger partial charge >= 0.3 is 0 Å². The van der Waals surface area contributed by atoms with Crippen LogP contribution in [-0.2, 0) is 16.6 Å². The lowest BCUT2D eigenvalue weighted by Crippen LogP contribution is -2.23. The Morgan fingerprint density at radius 1 is 1.45 bits per heavy atom. The van der Waals surface area contributed by atoms with Gasteiger partial charge in [0.15, 0.2) is 5.76 Å². The predicted molar refractivity (Wildman–Crippen MR) is 69.3 cm³/mol. The summed E-state index contributed by atoms with van der Waals surface area (Å²) >= 11 is 0. The van der Waals surface area contributed by atoms with E-state index in [-0.39, 0.29) is 17.4 Å². The molecule has 8 nitrogen and oxygen atoms in total. The van der Waals surface area contributed by atoms with Crippen molar-refractivity contribution in [3.63, 3.8) is 0 Å². The van der Waals surface area contributed by atoms with E-state index in [9.17, 15) is 13.2 Å². The number of hydrogen-bond donors (Lipinski definition) is 2. The molecular formula is C11H14N4O4S. The molecule has 9 heteroatoms. The molecule has 0 bridgehead atoms. The summed E-state index contributed by atoms with van der Waals surface area (Å²) in [4.78, 5) is 18.4. The van der Waals surface area contributed by atoms with Crippen LogP contribution in [0.2, 0.25) is 0 Å². The van der Waals surface area contributed by atoms with E-state index in [1.807, 2.05) is 0 Å². The monoisotopic (exact) mass is 298 g/mol. The molecule has 0 aliphatic heterocycles. The van der Waals surface area contributed by atoms with Crippen molar-refractivity contribution in [2.75, 3.05) is 14.1 Å². The second kappa shape index (κ2) is 5.47. The van der Waals surface area contributed by atoms with E-state index < -0.39 is 15.9 Å². The van der Waals surface area contributed by atoms with Gasteiger partial charge in [0, 0.05) is 20.3 Å². The molecule has 2 aromatic heterocycles. The van der Waals surface area contributed by atoms with Gasteiger partial charge in [-0.05, 0) is 12.1 Å². The number of rotatable bonds is 5. The molecule has 0 saturated carbocycles. The van der Waals surface area contributed by atoms with Gasteiger partial charge < -0.3 is 14.7 Å². The number of nitrogens with one attached hydrogen (secondary N) is 2. The zero-order chi connectivity index (χ0) is 14.8. The van der Waals surface area contributed by atoms with Gasteiger partial charge in [0.2, 0.25) is 5.09 Å². The van der Waals surface area contributed by atoms with E-state index in [1.54, 1.807) is 6.20 Å². The van der Waals surface area contributed by atoms with Crippen molar-refractivity contribution in [2.45, 2.75) is 11.6 Å². The number of furan rings is 1. The number of hydrogen-bond acceptors (Lipinski definition) is 5. The van der Waals surface area contributed by atoms with E-state index in [1.165, 1.54) is 32.6 Å². The molecular weight excluding hydrogens is 284 g/mol. The highest BCUT2D eigenvalue weighted by atomic mass is 32.2. The highest BCUT2D eigenvalue weighted by Crippen LogP contribution is 2.16. The van der Waals surface area contributed by atoms with Gasteiger partial charge in [-0.1, -0.05) is 0 Å². The van der Waals surface area contributed by atoms with Crippen molar-refractivity contribution < 1.29 is 17.6 Å². The maximum absolute atomic E-state index is 11.8. The van der Waals surface area contributed by atoms with Gasteiger partial charge in [-0.3, -0.25) is 4.79 Å². The first kappa shape index (κ1) is 14.3. The molecule has 2 heterocycles. The average molecular weight is 298 g/mol. The molecule has 0 aliphatic carbocycles. The molecule has 0 radical (unpaired) electrons. The summed E-state index contributed by atoms with van der Waals surface area (Å²) < 4.78 is 29.7. The van der Waals surface area contributed by atoms with Crippen LogP contribution in [0.3, 0.4) is 0 Å². The fraction of sp³-hybridized carbons (Fsp3) is 0.273. The van der Waals surface area contributed by atoms with Crippen molar-refractivity contribution >= 4 is 15.9 Å². The summed E-state index contributed by atoms with van der Waals surface area (Å²) in [5.74, 6) is -0.565. The largest absolute Gasteiger partial charge is 0.438 e. The maximum Gasteiger partial charge on any atom is 0.287 e. The van der Waals surface area contributed by atoms with Gasteiger partial charge in [0.25, 0.3) is 15.9 Å². The number of carbonyl (C=O) groups is 1. The van der Waals surface area contributed by atoms with Crippen LogP contribution in [0.1, 0.15) is 16.2 Å². The molecule has 0 spiro atoms. The number of aromatic nitrogens is 2. The Morgan fingerprint density at radius 3 is 2.80 bits per heavy atom. The molecule has 20 heavy (non-hydrogen) atoms. The number of aromatic amines is 1. The van der Waals surface area contributed by atoms with Gasteiger partial charge in [-0.25, -0.2) is 17.7 Å². The van der Waals surface area contributed by atoms with Gasteiger partial charge in [0.05, 0.1) is 18.6 Å². The van der Waals surface area contributed by atoms with Crippen molar-refractivity contribution in [1.29, 1.82) is 0 Å². The summed E-state index contributed by atoms with van der Waals surface area (Å²) in [6.07, 6.45) is 3.07. The third kappa shape index (κ3) is 2.89. The molecule has 0 atom stereocenters. The van der Waals surface area contributed by atoms with E-state index >= 15 is 0 Å². The van der Waals surface area contributed by atoms with E-state index in [0.29, 0.717) is 0 Å². The third-order valence-electron chi connectivity index (χ3n) is 2.53. The van der Waals surface area contributed by atoms with Crippen LogP contribution in [0.5, 0.6) is 0 Å². The Labute approximate surface area is 115 Å². The first-order valence-corrected chi connectivity index (χ1v) is 7.13.